The SMILES string of the molecule is Cc1ccccc1C(=[NH2+])c1ccccc1. The molecule has 74 valence electrons. The molecule has 0 aliphatic carbocycles. The average Bonchev–Trinajstić information content (AvgIpc) is 2.30. The second-order valence-corrected chi connectivity index (χ2v) is 3.59. The van der Waals surface area contributed by atoms with E-state index in [4.69, 9.17) is 5.41 Å². The van der Waals surface area contributed by atoms with Gasteiger partial charge in [0.1, 0.15) is 0 Å². The molecule has 0 saturated carbocycles. The van der Waals surface area contributed by atoms with E-state index in [-0.39, 0.29) is 0 Å². The molecule has 0 aliphatic heterocycles. The maximum Gasteiger partial charge on any atom is 0.211 e. The first-order valence-electron chi connectivity index (χ1n) is 5.03. The Morgan fingerprint density at radius 1 is 0.867 bits per heavy atom. The van der Waals surface area contributed by atoms with Gasteiger partial charge in [-0.1, -0.05) is 36.4 Å². The zero-order valence-corrected chi connectivity index (χ0v) is 8.77. The molecule has 0 aromatic heterocycles. The van der Waals surface area contributed by atoms with Gasteiger partial charge in [0.15, 0.2) is 0 Å². The standard InChI is InChI=1S/C14H13N/c1-11-7-5-6-10-13(11)14(15)12-8-3-2-4-9-12/h2-10,15H,1H3/p+1. The van der Waals surface area contributed by atoms with Crippen LogP contribution in [0.2, 0.25) is 0 Å². The summed E-state index contributed by atoms with van der Waals surface area (Å²) in [5.41, 5.74) is 4.24. The van der Waals surface area contributed by atoms with Crippen molar-refractivity contribution in [3.05, 3.63) is 71.3 Å². The molecule has 0 aliphatic rings. The first-order chi connectivity index (χ1) is 7.29. The first kappa shape index (κ1) is 9.66. The molecule has 0 amide bonds. The summed E-state index contributed by atoms with van der Waals surface area (Å²) in [6.45, 7) is 2.07. The van der Waals surface area contributed by atoms with Crippen molar-refractivity contribution in [2.24, 2.45) is 0 Å². The van der Waals surface area contributed by atoms with E-state index in [0.717, 1.165) is 16.8 Å². The van der Waals surface area contributed by atoms with Gasteiger partial charge in [0, 0.05) is 11.1 Å². The zero-order chi connectivity index (χ0) is 10.7. The van der Waals surface area contributed by atoms with Crippen LogP contribution in [-0.4, -0.2) is 5.71 Å². The van der Waals surface area contributed by atoms with Crippen LogP contribution in [0.1, 0.15) is 16.7 Å². The van der Waals surface area contributed by atoms with Gasteiger partial charge in [-0.25, -0.2) is 0 Å². The summed E-state index contributed by atoms with van der Waals surface area (Å²) >= 11 is 0. The fourth-order valence-electron chi connectivity index (χ4n) is 1.65. The molecule has 0 radical (unpaired) electrons. The molecular formula is C14H14N+. The van der Waals surface area contributed by atoms with Crippen LogP contribution in [0.15, 0.2) is 54.6 Å². The number of nitrogens with two attached hydrogens (primary N) is 1. The maximum absolute atomic E-state index is 6.13. The lowest BCUT2D eigenvalue weighted by molar-refractivity contribution is -0.111. The molecule has 15 heavy (non-hydrogen) atoms. The summed E-state index contributed by atoms with van der Waals surface area (Å²) in [7, 11) is 0. The van der Waals surface area contributed by atoms with Crippen LogP contribution in [0, 0.1) is 6.92 Å². The van der Waals surface area contributed by atoms with Crippen LogP contribution < -0.4 is 5.41 Å². The van der Waals surface area contributed by atoms with Gasteiger partial charge in [0.25, 0.3) is 0 Å². The lowest BCUT2D eigenvalue weighted by Crippen LogP contribution is -2.41. The number of benzene rings is 2. The van der Waals surface area contributed by atoms with E-state index in [1.54, 1.807) is 0 Å². The van der Waals surface area contributed by atoms with Crippen LogP contribution in [0.3, 0.4) is 0 Å². The second-order valence-electron chi connectivity index (χ2n) is 3.59. The molecule has 0 fully saturated rings. The summed E-state index contributed by atoms with van der Waals surface area (Å²) in [6, 6.07) is 18.2. The van der Waals surface area contributed by atoms with E-state index in [1.807, 2.05) is 42.5 Å². The molecule has 0 unspecified atom stereocenters. The highest BCUT2D eigenvalue weighted by atomic mass is 14.4. The molecular weight excluding hydrogens is 182 g/mol. The maximum atomic E-state index is 6.13. The fourth-order valence-corrected chi connectivity index (χ4v) is 1.65. The summed E-state index contributed by atoms with van der Waals surface area (Å²) in [5, 5.41) is 6.13. The summed E-state index contributed by atoms with van der Waals surface area (Å²) in [4.78, 5) is 0. The van der Waals surface area contributed by atoms with Gasteiger partial charge in [0.2, 0.25) is 5.71 Å². The van der Waals surface area contributed by atoms with Gasteiger partial charge < -0.3 is 0 Å². The zero-order valence-electron chi connectivity index (χ0n) is 8.77. The van der Waals surface area contributed by atoms with Gasteiger partial charge in [0.05, 0.1) is 0 Å². The number of aryl methyl sites for hydroxylation is 1. The minimum Gasteiger partial charge on any atom is -0.253 e. The van der Waals surface area contributed by atoms with Crippen LogP contribution in [0.25, 0.3) is 0 Å². The van der Waals surface area contributed by atoms with Gasteiger partial charge in [-0.2, -0.15) is 0 Å². The molecule has 2 N–H and O–H groups in total. The highest BCUT2D eigenvalue weighted by Crippen LogP contribution is 2.11. The number of rotatable bonds is 2. The Morgan fingerprint density at radius 2 is 1.47 bits per heavy atom. The summed E-state index contributed by atoms with van der Waals surface area (Å²) in [5.74, 6) is 0. The van der Waals surface area contributed by atoms with Crippen LogP contribution in [0.4, 0.5) is 0 Å². The normalized spacial score (nSPS) is 9.93. The highest BCUT2D eigenvalue weighted by Gasteiger charge is 2.11. The Balaban J connectivity index is 2.42. The molecule has 0 bridgehead atoms. The van der Waals surface area contributed by atoms with Gasteiger partial charge in [-0.15, -0.1) is 0 Å². The highest BCUT2D eigenvalue weighted by molar-refractivity contribution is 6.09. The third-order valence-corrected chi connectivity index (χ3v) is 2.52. The minimum absolute atomic E-state index is 0.841. The second kappa shape index (κ2) is 4.09. The van der Waals surface area contributed by atoms with Crippen LogP contribution in [-0.2, 0) is 0 Å². The van der Waals surface area contributed by atoms with Gasteiger partial charge in [-0.05, 0) is 30.7 Å². The molecule has 0 atom stereocenters. The third kappa shape index (κ3) is 1.96. The van der Waals surface area contributed by atoms with Crippen LogP contribution >= 0.6 is 0 Å². The van der Waals surface area contributed by atoms with Crippen molar-refractivity contribution in [2.45, 2.75) is 6.92 Å². The lowest BCUT2D eigenvalue weighted by atomic mass is 9.99. The minimum atomic E-state index is 0.841. The largest absolute Gasteiger partial charge is 0.253 e. The quantitative estimate of drug-likeness (QED) is 0.706. The van der Waals surface area contributed by atoms with Crippen molar-refractivity contribution in [3.8, 4) is 0 Å². The monoisotopic (exact) mass is 196 g/mol. The van der Waals surface area contributed by atoms with E-state index in [2.05, 4.69) is 19.1 Å². The summed E-state index contributed by atoms with van der Waals surface area (Å²) < 4.78 is 0. The molecule has 0 heterocycles. The van der Waals surface area contributed by atoms with Crippen LogP contribution in [0.5, 0.6) is 0 Å². The average molecular weight is 196 g/mol. The number of hydrogen-bond acceptors (Lipinski definition) is 0. The Morgan fingerprint density at radius 3 is 2.13 bits per heavy atom. The van der Waals surface area contributed by atoms with Crippen molar-refractivity contribution >= 4 is 5.71 Å². The molecule has 0 saturated heterocycles. The van der Waals surface area contributed by atoms with Gasteiger partial charge >= 0.3 is 0 Å². The summed E-state index contributed by atoms with van der Waals surface area (Å²) in [6.07, 6.45) is 0. The third-order valence-electron chi connectivity index (χ3n) is 2.52. The predicted octanol–water partition coefficient (Wildman–Crippen LogP) is 1.59. The smallest absolute Gasteiger partial charge is 0.211 e. The van der Waals surface area contributed by atoms with Crippen molar-refractivity contribution < 1.29 is 5.41 Å². The molecule has 1 nitrogen and oxygen atoms in total. The molecule has 1 heteroatoms. The molecule has 0 spiro atoms. The Kier molecular flexibility index (Phi) is 2.64. The number of hydrogen-bond donors (Lipinski definition) is 1. The van der Waals surface area contributed by atoms with E-state index in [0.29, 0.717) is 0 Å². The van der Waals surface area contributed by atoms with E-state index >= 15 is 0 Å². The van der Waals surface area contributed by atoms with Crippen molar-refractivity contribution in [3.63, 3.8) is 0 Å². The van der Waals surface area contributed by atoms with E-state index in [9.17, 15) is 0 Å². The fraction of sp³-hybridized carbons (Fsp3) is 0.0714. The lowest BCUT2D eigenvalue weighted by Gasteiger charge is -2.02. The van der Waals surface area contributed by atoms with E-state index < -0.39 is 0 Å². The molecule has 2 rings (SSSR count). The van der Waals surface area contributed by atoms with Crippen molar-refractivity contribution in [1.82, 2.24) is 0 Å². The predicted molar refractivity (Wildman–Crippen MR) is 62.8 cm³/mol. The van der Waals surface area contributed by atoms with Crippen molar-refractivity contribution in [2.75, 3.05) is 0 Å². The molecule has 2 aromatic rings. The van der Waals surface area contributed by atoms with Crippen molar-refractivity contribution in [1.29, 1.82) is 0 Å². The topological polar surface area (TPSA) is 25.6 Å². The van der Waals surface area contributed by atoms with Gasteiger partial charge in [-0.3, -0.25) is 5.41 Å². The Labute approximate surface area is 89.9 Å². The Hall–Kier alpha value is -1.89. The molecule has 2 aromatic carbocycles. The first-order valence-corrected chi connectivity index (χ1v) is 5.03. The van der Waals surface area contributed by atoms with E-state index in [1.165, 1.54) is 5.56 Å². The Bertz CT molecular complexity index is 472.